The minimum atomic E-state index is -3.51. The van der Waals surface area contributed by atoms with Crippen LogP contribution in [0.4, 0.5) is 0 Å². The van der Waals surface area contributed by atoms with Crippen LogP contribution in [-0.2, 0) is 21.2 Å². The number of hydrogen-bond acceptors (Lipinski definition) is 7. The van der Waals surface area contributed by atoms with Crippen molar-refractivity contribution in [2.24, 2.45) is 0 Å². The van der Waals surface area contributed by atoms with E-state index in [-0.39, 0.29) is 4.90 Å². The van der Waals surface area contributed by atoms with Gasteiger partial charge in [0, 0.05) is 18.0 Å². The van der Waals surface area contributed by atoms with Crippen molar-refractivity contribution >= 4 is 31.6 Å². The second-order valence-corrected chi connectivity index (χ2v) is 9.11. The third-order valence-electron chi connectivity index (χ3n) is 4.34. The summed E-state index contributed by atoms with van der Waals surface area (Å²) in [6, 6.07) is 8.45. The number of morpholine rings is 1. The molecule has 0 amide bonds. The zero-order valence-electron chi connectivity index (χ0n) is 14.8. The van der Waals surface area contributed by atoms with E-state index in [1.807, 2.05) is 6.07 Å². The molecule has 0 spiro atoms. The highest BCUT2D eigenvalue weighted by atomic mass is 32.2. The van der Waals surface area contributed by atoms with Gasteiger partial charge in [-0.05, 0) is 36.8 Å². The largest absolute Gasteiger partial charge is 0.438 e. The van der Waals surface area contributed by atoms with Gasteiger partial charge in [-0.2, -0.15) is 4.31 Å². The van der Waals surface area contributed by atoms with Crippen LogP contribution in [0.1, 0.15) is 11.8 Å². The van der Waals surface area contributed by atoms with Gasteiger partial charge in [-0.1, -0.05) is 6.92 Å². The molecule has 3 aromatic rings. The summed E-state index contributed by atoms with van der Waals surface area (Å²) in [5, 5.41) is 0.865. The Kier molecular flexibility index (Phi) is 5.09. The van der Waals surface area contributed by atoms with Crippen molar-refractivity contribution in [2.75, 3.05) is 26.3 Å². The Morgan fingerprint density at radius 3 is 2.63 bits per heavy atom. The van der Waals surface area contributed by atoms with Gasteiger partial charge >= 0.3 is 0 Å². The molecule has 1 aromatic carbocycles. The van der Waals surface area contributed by atoms with Crippen LogP contribution in [-0.4, -0.2) is 49.0 Å². The molecule has 0 unspecified atom stereocenters. The Morgan fingerprint density at radius 2 is 1.93 bits per heavy atom. The molecule has 0 bridgehead atoms. The van der Waals surface area contributed by atoms with Crippen LogP contribution in [0.15, 0.2) is 41.6 Å². The molecule has 9 heteroatoms. The normalized spacial score (nSPS) is 15.9. The number of ether oxygens (including phenoxy) is 2. The van der Waals surface area contributed by atoms with Crippen molar-refractivity contribution in [3.05, 3.63) is 41.5 Å². The van der Waals surface area contributed by atoms with Crippen molar-refractivity contribution in [1.82, 2.24) is 14.3 Å². The third-order valence-corrected chi connectivity index (χ3v) is 7.44. The molecule has 2 aromatic heterocycles. The number of rotatable bonds is 5. The van der Waals surface area contributed by atoms with Gasteiger partial charge < -0.3 is 9.47 Å². The van der Waals surface area contributed by atoms with Gasteiger partial charge in [-0.3, -0.25) is 0 Å². The number of fused-ring (bicyclic) bond motifs is 1. The summed E-state index contributed by atoms with van der Waals surface area (Å²) in [5.74, 6) is 1.000. The Balaban J connectivity index is 1.57. The first-order valence-corrected chi connectivity index (χ1v) is 10.9. The molecule has 7 nitrogen and oxygen atoms in total. The lowest BCUT2D eigenvalue weighted by molar-refractivity contribution is 0.0730. The van der Waals surface area contributed by atoms with Crippen LogP contribution < -0.4 is 4.74 Å². The highest BCUT2D eigenvalue weighted by Gasteiger charge is 2.26. The second-order valence-electron chi connectivity index (χ2n) is 6.05. The molecule has 0 radical (unpaired) electrons. The topological polar surface area (TPSA) is 81.6 Å². The summed E-state index contributed by atoms with van der Waals surface area (Å²) < 4.78 is 37.9. The molecule has 3 heterocycles. The van der Waals surface area contributed by atoms with Gasteiger partial charge in [0.1, 0.15) is 16.9 Å². The van der Waals surface area contributed by atoms with Gasteiger partial charge in [-0.15, -0.1) is 11.3 Å². The number of aromatic nitrogens is 2. The quantitative estimate of drug-likeness (QED) is 0.649. The molecule has 1 aliphatic heterocycles. The fourth-order valence-electron chi connectivity index (χ4n) is 2.87. The molecule has 0 atom stereocenters. The van der Waals surface area contributed by atoms with Crippen molar-refractivity contribution in [3.8, 4) is 11.6 Å². The molecule has 1 saturated heterocycles. The van der Waals surface area contributed by atoms with E-state index in [9.17, 15) is 8.42 Å². The SMILES string of the molecule is CCc1cc2c(Oc3ccc(S(=O)(=O)N4CCOCC4)cc3)ncnc2s1. The zero-order valence-corrected chi connectivity index (χ0v) is 16.4. The number of nitrogens with zero attached hydrogens (tertiary/aromatic N) is 3. The van der Waals surface area contributed by atoms with Crippen LogP contribution in [0.5, 0.6) is 11.6 Å². The lowest BCUT2D eigenvalue weighted by Gasteiger charge is -2.26. The average Bonchev–Trinajstić information content (AvgIpc) is 3.14. The van der Waals surface area contributed by atoms with Gasteiger partial charge in [0.15, 0.2) is 0 Å². The first kappa shape index (κ1) is 18.3. The number of thiophene rings is 1. The smallest absolute Gasteiger partial charge is 0.243 e. The summed E-state index contributed by atoms with van der Waals surface area (Å²) in [5.41, 5.74) is 0. The standard InChI is InChI=1S/C18H19N3O4S2/c1-2-14-11-16-17(19-12-20-18(16)26-14)25-13-3-5-15(6-4-13)27(22,23)21-7-9-24-10-8-21/h3-6,11-12H,2,7-10H2,1H3. The highest BCUT2D eigenvalue weighted by Crippen LogP contribution is 2.32. The third kappa shape index (κ3) is 3.68. The molecule has 142 valence electrons. The molecule has 27 heavy (non-hydrogen) atoms. The van der Waals surface area contributed by atoms with Crippen LogP contribution in [0.3, 0.4) is 0 Å². The second kappa shape index (κ2) is 7.51. The zero-order chi connectivity index (χ0) is 18.9. The Labute approximate surface area is 161 Å². The summed E-state index contributed by atoms with van der Waals surface area (Å²) in [7, 11) is -3.51. The number of aryl methyl sites for hydroxylation is 1. The Hall–Kier alpha value is -2.07. The van der Waals surface area contributed by atoms with Crippen molar-refractivity contribution in [3.63, 3.8) is 0 Å². The highest BCUT2D eigenvalue weighted by molar-refractivity contribution is 7.89. The van der Waals surface area contributed by atoms with Gasteiger partial charge in [0.05, 0.1) is 23.5 Å². The average molecular weight is 406 g/mol. The van der Waals surface area contributed by atoms with Gasteiger partial charge in [-0.25, -0.2) is 18.4 Å². The van der Waals surface area contributed by atoms with E-state index in [0.717, 1.165) is 16.6 Å². The van der Waals surface area contributed by atoms with E-state index >= 15 is 0 Å². The van der Waals surface area contributed by atoms with Crippen LogP contribution in [0.2, 0.25) is 0 Å². The van der Waals surface area contributed by atoms with Gasteiger partial charge in [0.25, 0.3) is 0 Å². The van der Waals surface area contributed by atoms with E-state index in [1.165, 1.54) is 15.5 Å². The summed E-state index contributed by atoms with van der Waals surface area (Å²) in [6.45, 7) is 3.68. The fraction of sp³-hybridized carbons (Fsp3) is 0.333. The fourth-order valence-corrected chi connectivity index (χ4v) is 5.20. The Morgan fingerprint density at radius 1 is 1.19 bits per heavy atom. The van der Waals surface area contributed by atoms with Crippen LogP contribution >= 0.6 is 11.3 Å². The molecule has 0 saturated carbocycles. The predicted molar refractivity (Wildman–Crippen MR) is 103 cm³/mol. The molecule has 0 aliphatic carbocycles. The van der Waals surface area contributed by atoms with E-state index in [1.54, 1.807) is 35.6 Å². The molecule has 1 fully saturated rings. The van der Waals surface area contributed by atoms with Crippen molar-refractivity contribution < 1.29 is 17.9 Å². The monoisotopic (exact) mass is 405 g/mol. The lowest BCUT2D eigenvalue weighted by Crippen LogP contribution is -2.40. The summed E-state index contributed by atoms with van der Waals surface area (Å²) >= 11 is 1.62. The Bertz CT molecular complexity index is 1040. The predicted octanol–water partition coefficient (Wildman–Crippen LogP) is 3.07. The first-order chi connectivity index (χ1) is 13.1. The van der Waals surface area contributed by atoms with Crippen molar-refractivity contribution in [2.45, 2.75) is 18.2 Å². The minimum Gasteiger partial charge on any atom is -0.438 e. The lowest BCUT2D eigenvalue weighted by atomic mass is 10.3. The van der Waals surface area contributed by atoms with E-state index in [2.05, 4.69) is 16.9 Å². The maximum atomic E-state index is 12.7. The molecular formula is C18H19N3O4S2. The summed E-state index contributed by atoms with van der Waals surface area (Å²) in [6.07, 6.45) is 2.40. The van der Waals surface area contributed by atoms with E-state index in [0.29, 0.717) is 37.9 Å². The van der Waals surface area contributed by atoms with Crippen molar-refractivity contribution in [1.29, 1.82) is 0 Å². The summed E-state index contributed by atoms with van der Waals surface area (Å²) in [4.78, 5) is 10.8. The number of benzene rings is 1. The first-order valence-electron chi connectivity index (χ1n) is 8.67. The number of hydrogen-bond donors (Lipinski definition) is 0. The molecule has 1 aliphatic rings. The maximum absolute atomic E-state index is 12.7. The van der Waals surface area contributed by atoms with Crippen LogP contribution in [0, 0.1) is 0 Å². The molecule has 4 rings (SSSR count). The van der Waals surface area contributed by atoms with Crippen LogP contribution in [0.25, 0.3) is 10.2 Å². The minimum absolute atomic E-state index is 0.244. The van der Waals surface area contributed by atoms with E-state index in [4.69, 9.17) is 9.47 Å². The maximum Gasteiger partial charge on any atom is 0.243 e. The molecular weight excluding hydrogens is 386 g/mol. The van der Waals surface area contributed by atoms with Gasteiger partial charge in [0.2, 0.25) is 15.9 Å². The molecule has 0 N–H and O–H groups in total. The number of sulfonamides is 1. The van der Waals surface area contributed by atoms with E-state index < -0.39 is 10.0 Å².